The Balaban J connectivity index is 2.00. The minimum atomic E-state index is -3.71. The van der Waals surface area contributed by atoms with Crippen LogP contribution in [0.5, 0.6) is 0 Å². The van der Waals surface area contributed by atoms with Crippen molar-refractivity contribution in [1.82, 2.24) is 9.62 Å². The number of halogens is 1. The molecule has 2 N–H and O–H groups in total. The zero-order chi connectivity index (χ0) is 20.0. The Bertz CT molecular complexity index is 910. The molecule has 0 unspecified atom stereocenters. The summed E-state index contributed by atoms with van der Waals surface area (Å²) in [6.07, 6.45) is 0. The van der Waals surface area contributed by atoms with Crippen molar-refractivity contribution in [2.24, 2.45) is 0 Å². The normalized spacial score (nSPS) is 11.2. The van der Waals surface area contributed by atoms with Gasteiger partial charge in [0.1, 0.15) is 4.21 Å². The van der Waals surface area contributed by atoms with E-state index in [-0.39, 0.29) is 15.1 Å². The van der Waals surface area contributed by atoms with E-state index in [0.29, 0.717) is 24.3 Å². The predicted octanol–water partition coefficient (Wildman–Crippen LogP) is 2.80. The number of carbonyl (C=O) groups is 2. The van der Waals surface area contributed by atoms with Crippen LogP contribution in [0.1, 0.15) is 24.2 Å². The molecule has 27 heavy (non-hydrogen) atoms. The lowest BCUT2D eigenvalue weighted by Crippen LogP contribution is -2.32. The molecule has 2 rings (SSSR count). The second-order valence-corrected chi connectivity index (χ2v) is 8.83. The molecule has 7 nitrogen and oxygen atoms in total. The summed E-state index contributed by atoms with van der Waals surface area (Å²) >= 11 is 7.24. The lowest BCUT2D eigenvalue weighted by molar-refractivity contribution is -0.115. The highest BCUT2D eigenvalue weighted by Gasteiger charge is 2.18. The number of carbonyl (C=O) groups excluding carboxylic acids is 2. The highest BCUT2D eigenvalue weighted by molar-refractivity contribution is 7.91. The van der Waals surface area contributed by atoms with E-state index < -0.39 is 22.5 Å². The fourth-order valence-electron chi connectivity index (χ4n) is 2.30. The fraction of sp³-hybridized carbons (Fsp3) is 0.294. The molecule has 0 atom stereocenters. The molecule has 0 aliphatic carbocycles. The maximum absolute atomic E-state index is 12.4. The van der Waals surface area contributed by atoms with Crippen molar-refractivity contribution in [1.29, 1.82) is 0 Å². The van der Waals surface area contributed by atoms with Crippen molar-refractivity contribution in [2.75, 3.05) is 25.0 Å². The molecule has 0 fully saturated rings. The van der Waals surface area contributed by atoms with E-state index in [0.717, 1.165) is 11.3 Å². The van der Waals surface area contributed by atoms with Crippen LogP contribution in [0.3, 0.4) is 0 Å². The van der Waals surface area contributed by atoms with Crippen LogP contribution in [0.2, 0.25) is 5.02 Å². The first-order valence-corrected chi connectivity index (χ1v) is 10.9. The van der Waals surface area contributed by atoms with Crippen LogP contribution in [0.4, 0.5) is 5.69 Å². The minimum absolute atomic E-state index is 0.137. The van der Waals surface area contributed by atoms with Crippen LogP contribution in [-0.2, 0) is 14.8 Å². The van der Waals surface area contributed by atoms with Crippen LogP contribution in [-0.4, -0.2) is 44.8 Å². The maximum Gasteiger partial charge on any atom is 0.255 e. The van der Waals surface area contributed by atoms with Crippen LogP contribution in [0.15, 0.2) is 39.9 Å². The van der Waals surface area contributed by atoms with E-state index in [4.69, 9.17) is 11.6 Å². The molecular formula is C17H20ClN3O4S2. The number of rotatable bonds is 8. The summed E-state index contributed by atoms with van der Waals surface area (Å²) in [5, 5.41) is 4.40. The van der Waals surface area contributed by atoms with Crippen LogP contribution in [0, 0.1) is 0 Å². The summed E-state index contributed by atoms with van der Waals surface area (Å²) in [4.78, 5) is 26.0. The molecule has 1 aromatic carbocycles. The number of amides is 2. The Kier molecular flexibility index (Phi) is 7.37. The van der Waals surface area contributed by atoms with Crippen LogP contribution >= 0.6 is 22.9 Å². The quantitative estimate of drug-likeness (QED) is 0.674. The van der Waals surface area contributed by atoms with Gasteiger partial charge in [0, 0.05) is 18.8 Å². The first-order valence-electron chi connectivity index (χ1n) is 8.20. The average Bonchev–Trinajstić information content (AvgIpc) is 3.17. The number of anilines is 1. The molecule has 0 spiro atoms. The highest BCUT2D eigenvalue weighted by atomic mass is 35.5. The summed E-state index contributed by atoms with van der Waals surface area (Å²) in [5.74, 6) is -0.736. The van der Waals surface area contributed by atoms with Gasteiger partial charge in [-0.1, -0.05) is 17.7 Å². The number of nitrogens with zero attached hydrogens (tertiary/aromatic N) is 1. The van der Waals surface area contributed by atoms with E-state index in [1.54, 1.807) is 22.4 Å². The van der Waals surface area contributed by atoms with E-state index in [1.165, 1.54) is 18.2 Å². The fourth-order valence-corrected chi connectivity index (χ4v) is 4.58. The summed E-state index contributed by atoms with van der Waals surface area (Å²) in [6.45, 7) is 4.46. The van der Waals surface area contributed by atoms with E-state index >= 15 is 0 Å². The molecule has 1 heterocycles. The topological polar surface area (TPSA) is 95.6 Å². The molecule has 0 bridgehead atoms. The molecule has 0 aliphatic rings. The van der Waals surface area contributed by atoms with E-state index in [9.17, 15) is 18.0 Å². The number of sulfonamides is 1. The standard InChI is InChI=1S/C17H20ClN3O4S2/c1-3-21(4-2)17(23)13-8-7-12(10-14(13)18)20-15(22)11-19-27(24,25)16-6-5-9-26-16/h5-10,19H,3-4,11H2,1-2H3,(H,20,22). The third-order valence-corrected chi connectivity index (χ3v) is 6.83. The number of thiophene rings is 1. The van der Waals surface area contributed by atoms with Gasteiger partial charge in [-0.3, -0.25) is 9.59 Å². The Morgan fingerprint density at radius 3 is 2.44 bits per heavy atom. The second kappa shape index (κ2) is 9.32. The van der Waals surface area contributed by atoms with Crippen LogP contribution in [0.25, 0.3) is 0 Å². The minimum Gasteiger partial charge on any atom is -0.339 e. The molecule has 0 saturated heterocycles. The predicted molar refractivity (Wildman–Crippen MR) is 107 cm³/mol. The molecule has 2 aromatic rings. The SMILES string of the molecule is CCN(CC)C(=O)c1ccc(NC(=O)CNS(=O)(=O)c2cccs2)cc1Cl. The zero-order valence-electron chi connectivity index (χ0n) is 14.9. The molecule has 0 aliphatic heterocycles. The first-order chi connectivity index (χ1) is 12.8. The van der Waals surface area contributed by atoms with Gasteiger partial charge in [-0.25, -0.2) is 13.1 Å². The monoisotopic (exact) mass is 429 g/mol. The van der Waals surface area contributed by atoms with Gasteiger partial charge >= 0.3 is 0 Å². The molecule has 0 saturated carbocycles. The summed E-state index contributed by atoms with van der Waals surface area (Å²) in [7, 11) is -3.71. The summed E-state index contributed by atoms with van der Waals surface area (Å²) < 4.78 is 26.4. The Labute approximate surface area is 167 Å². The Morgan fingerprint density at radius 2 is 1.89 bits per heavy atom. The molecule has 1 aromatic heterocycles. The molecular weight excluding hydrogens is 410 g/mol. The lowest BCUT2D eigenvalue weighted by Gasteiger charge is -2.19. The van der Waals surface area contributed by atoms with Crippen LogP contribution < -0.4 is 10.0 Å². The van der Waals surface area contributed by atoms with Gasteiger partial charge in [0.15, 0.2) is 0 Å². The van der Waals surface area contributed by atoms with Crippen molar-refractivity contribution in [3.05, 3.63) is 46.3 Å². The molecule has 2 amide bonds. The highest BCUT2D eigenvalue weighted by Crippen LogP contribution is 2.22. The number of benzene rings is 1. The third kappa shape index (κ3) is 5.52. The van der Waals surface area contributed by atoms with Gasteiger partial charge in [-0.2, -0.15) is 0 Å². The maximum atomic E-state index is 12.4. The van der Waals surface area contributed by atoms with Crippen molar-refractivity contribution < 1.29 is 18.0 Å². The van der Waals surface area contributed by atoms with Gasteiger partial charge in [0.2, 0.25) is 5.91 Å². The number of nitrogens with one attached hydrogen (secondary N) is 2. The largest absolute Gasteiger partial charge is 0.339 e. The first kappa shape index (κ1) is 21.4. The van der Waals surface area contributed by atoms with Crippen molar-refractivity contribution in [3.63, 3.8) is 0 Å². The number of hydrogen-bond acceptors (Lipinski definition) is 5. The smallest absolute Gasteiger partial charge is 0.255 e. The van der Waals surface area contributed by atoms with Gasteiger partial charge in [0.25, 0.3) is 15.9 Å². The van der Waals surface area contributed by atoms with Crippen molar-refractivity contribution >= 4 is 50.5 Å². The third-order valence-electron chi connectivity index (χ3n) is 3.72. The average molecular weight is 430 g/mol. The molecule has 146 valence electrons. The van der Waals surface area contributed by atoms with Crippen molar-refractivity contribution in [2.45, 2.75) is 18.1 Å². The van der Waals surface area contributed by atoms with Crippen molar-refractivity contribution in [3.8, 4) is 0 Å². The Morgan fingerprint density at radius 1 is 1.19 bits per heavy atom. The van der Waals surface area contributed by atoms with Gasteiger partial charge in [0.05, 0.1) is 17.1 Å². The van der Waals surface area contributed by atoms with E-state index in [1.807, 2.05) is 13.8 Å². The van der Waals surface area contributed by atoms with Gasteiger partial charge < -0.3 is 10.2 Å². The summed E-state index contributed by atoms with van der Waals surface area (Å²) in [6, 6.07) is 7.62. The zero-order valence-corrected chi connectivity index (χ0v) is 17.2. The van der Waals surface area contributed by atoms with Gasteiger partial charge in [-0.15, -0.1) is 11.3 Å². The summed E-state index contributed by atoms with van der Waals surface area (Å²) in [5.41, 5.74) is 0.716. The lowest BCUT2D eigenvalue weighted by atomic mass is 10.1. The Hall–Kier alpha value is -1.94. The van der Waals surface area contributed by atoms with E-state index in [2.05, 4.69) is 10.0 Å². The molecule has 0 radical (unpaired) electrons. The molecule has 10 heteroatoms. The second-order valence-electron chi connectivity index (χ2n) is 5.48. The van der Waals surface area contributed by atoms with Gasteiger partial charge in [-0.05, 0) is 43.5 Å². The number of hydrogen-bond donors (Lipinski definition) is 2.